The monoisotopic (exact) mass is 486 g/mol. The van der Waals surface area contributed by atoms with E-state index in [4.69, 9.17) is 24.9 Å². The molecule has 1 aromatic heterocycles. The van der Waals surface area contributed by atoms with Crippen LogP contribution in [0.5, 0.6) is 11.5 Å². The molecular weight excluding hydrogens is 468 g/mol. The second kappa shape index (κ2) is 8.76. The number of H-pyrrole nitrogens is 1. The quantitative estimate of drug-likeness (QED) is 0.312. The number of carbonyl (C=O) groups excluding carboxylic acids is 1. The van der Waals surface area contributed by atoms with Crippen molar-refractivity contribution in [2.75, 3.05) is 21.3 Å². The zero-order chi connectivity index (χ0) is 23.8. The molecule has 0 saturated carbocycles. The maximum atomic E-state index is 12.7. The number of fused-ring (bicyclic) bond motifs is 1. The van der Waals surface area contributed by atoms with Gasteiger partial charge in [0.1, 0.15) is 11.5 Å². The summed E-state index contributed by atoms with van der Waals surface area (Å²) in [5.41, 5.74) is 1.05. The lowest BCUT2D eigenvalue weighted by Gasteiger charge is -2.16. The molecule has 0 aliphatic heterocycles. The average molecular weight is 487 g/mol. The molecule has 8 nitrogen and oxygen atoms in total. The summed E-state index contributed by atoms with van der Waals surface area (Å²) in [6.07, 6.45) is 0. The van der Waals surface area contributed by atoms with Gasteiger partial charge in [0.15, 0.2) is 5.69 Å². The Morgan fingerprint density at radius 2 is 1.55 bits per heavy atom. The van der Waals surface area contributed by atoms with Crippen molar-refractivity contribution in [3.63, 3.8) is 0 Å². The van der Waals surface area contributed by atoms with Gasteiger partial charge in [-0.1, -0.05) is 36.4 Å². The van der Waals surface area contributed by atoms with Crippen LogP contribution in [-0.4, -0.2) is 45.9 Å². The Hall–Kier alpha value is -3.56. The van der Waals surface area contributed by atoms with E-state index in [2.05, 4.69) is 10.2 Å². The summed E-state index contributed by atoms with van der Waals surface area (Å²) in [5, 5.41) is 8.32. The smallest absolute Gasteiger partial charge is 0.359 e. The molecular formula is C23H19ClN2O6S. The number of rotatable bonds is 6. The molecule has 0 bridgehead atoms. The topological polar surface area (TPSA) is 108 Å². The standard InChI is InChI=1S/C23H19ClN2O6S/c1-30-15-9-6-10-16(31-2)19(15)21-20(22(26-25-21)23(27)32-3)18-14-8-5-4-7-13(14)11-12-17(18)33(24,28)29/h4-12H,1-3H3,(H,25,26). The maximum absolute atomic E-state index is 12.7. The lowest BCUT2D eigenvalue weighted by molar-refractivity contribution is 0.0595. The van der Waals surface area contributed by atoms with E-state index >= 15 is 0 Å². The van der Waals surface area contributed by atoms with E-state index in [0.29, 0.717) is 28.1 Å². The van der Waals surface area contributed by atoms with Crippen molar-refractivity contribution in [3.05, 3.63) is 60.3 Å². The van der Waals surface area contributed by atoms with Gasteiger partial charge in [0, 0.05) is 21.8 Å². The van der Waals surface area contributed by atoms with Gasteiger partial charge in [0.25, 0.3) is 9.05 Å². The minimum absolute atomic E-state index is 0.113. The molecule has 0 fully saturated rings. The van der Waals surface area contributed by atoms with E-state index in [0.717, 1.165) is 5.39 Å². The van der Waals surface area contributed by atoms with Crippen LogP contribution >= 0.6 is 10.7 Å². The van der Waals surface area contributed by atoms with Crippen LogP contribution in [0, 0.1) is 0 Å². The summed E-state index contributed by atoms with van der Waals surface area (Å²) in [6.45, 7) is 0. The van der Waals surface area contributed by atoms with Gasteiger partial charge in [0.05, 0.1) is 37.5 Å². The Balaban J connectivity index is 2.23. The lowest BCUT2D eigenvalue weighted by atomic mass is 9.93. The summed E-state index contributed by atoms with van der Waals surface area (Å²) < 4.78 is 41.2. The average Bonchev–Trinajstić information content (AvgIpc) is 3.25. The molecule has 1 heterocycles. The van der Waals surface area contributed by atoms with Gasteiger partial charge in [-0.2, -0.15) is 5.10 Å². The number of benzene rings is 3. The molecule has 0 unspecified atom stereocenters. The first-order valence-corrected chi connectivity index (χ1v) is 12.0. The van der Waals surface area contributed by atoms with E-state index in [9.17, 15) is 13.2 Å². The molecule has 10 heteroatoms. The lowest BCUT2D eigenvalue weighted by Crippen LogP contribution is -2.06. The normalized spacial score (nSPS) is 11.4. The van der Waals surface area contributed by atoms with Gasteiger partial charge in [-0.05, 0) is 29.0 Å². The Kier molecular flexibility index (Phi) is 6.01. The minimum atomic E-state index is -4.21. The number of ether oxygens (including phenoxy) is 3. The van der Waals surface area contributed by atoms with Crippen LogP contribution in [0.15, 0.2) is 59.5 Å². The third-order valence-corrected chi connectivity index (χ3v) is 6.59. The molecule has 4 rings (SSSR count). The van der Waals surface area contributed by atoms with Crippen molar-refractivity contribution >= 4 is 36.5 Å². The summed E-state index contributed by atoms with van der Waals surface area (Å²) >= 11 is 0. The molecule has 0 radical (unpaired) electrons. The highest BCUT2D eigenvalue weighted by molar-refractivity contribution is 8.13. The highest BCUT2D eigenvalue weighted by Crippen LogP contribution is 2.47. The number of aromatic nitrogens is 2. The number of esters is 1. The molecule has 0 amide bonds. The van der Waals surface area contributed by atoms with Crippen molar-refractivity contribution in [1.29, 1.82) is 0 Å². The molecule has 1 N–H and O–H groups in total. The number of nitrogens with zero attached hydrogens (tertiary/aromatic N) is 1. The molecule has 4 aromatic rings. The minimum Gasteiger partial charge on any atom is -0.496 e. The van der Waals surface area contributed by atoms with E-state index in [-0.39, 0.29) is 21.7 Å². The van der Waals surface area contributed by atoms with Crippen LogP contribution in [0.4, 0.5) is 0 Å². The van der Waals surface area contributed by atoms with Crippen molar-refractivity contribution < 1.29 is 27.4 Å². The van der Waals surface area contributed by atoms with Gasteiger partial charge < -0.3 is 14.2 Å². The van der Waals surface area contributed by atoms with Crippen molar-refractivity contribution in [1.82, 2.24) is 10.2 Å². The fourth-order valence-electron chi connectivity index (χ4n) is 3.82. The molecule has 0 saturated heterocycles. The number of methoxy groups -OCH3 is 3. The molecule has 0 atom stereocenters. The Bertz CT molecular complexity index is 1460. The number of halogens is 1. The van der Waals surface area contributed by atoms with E-state index in [1.54, 1.807) is 36.4 Å². The molecule has 3 aromatic carbocycles. The van der Waals surface area contributed by atoms with Crippen LogP contribution in [0.3, 0.4) is 0 Å². The van der Waals surface area contributed by atoms with E-state index < -0.39 is 15.0 Å². The first-order chi connectivity index (χ1) is 15.8. The van der Waals surface area contributed by atoms with Crippen LogP contribution in [0.25, 0.3) is 33.2 Å². The number of hydrogen-bond acceptors (Lipinski definition) is 7. The van der Waals surface area contributed by atoms with Crippen LogP contribution in [-0.2, 0) is 13.8 Å². The molecule has 0 aliphatic rings. The molecule has 0 spiro atoms. The third kappa shape index (κ3) is 3.90. The largest absolute Gasteiger partial charge is 0.496 e. The second-order valence-electron chi connectivity index (χ2n) is 6.95. The zero-order valence-corrected chi connectivity index (χ0v) is 19.5. The Morgan fingerprint density at radius 1 is 0.879 bits per heavy atom. The van der Waals surface area contributed by atoms with Crippen LogP contribution < -0.4 is 9.47 Å². The fourth-order valence-corrected chi connectivity index (χ4v) is 4.89. The Labute approximate surface area is 194 Å². The third-order valence-electron chi connectivity index (χ3n) is 5.23. The summed E-state index contributed by atoms with van der Waals surface area (Å²) in [4.78, 5) is 12.5. The highest BCUT2D eigenvalue weighted by atomic mass is 35.7. The number of aromatic amines is 1. The van der Waals surface area contributed by atoms with Gasteiger partial charge in [0.2, 0.25) is 0 Å². The van der Waals surface area contributed by atoms with Gasteiger partial charge in [-0.15, -0.1) is 0 Å². The van der Waals surface area contributed by atoms with Gasteiger partial charge in [-0.3, -0.25) is 5.10 Å². The zero-order valence-electron chi connectivity index (χ0n) is 17.9. The van der Waals surface area contributed by atoms with E-state index in [1.807, 2.05) is 12.1 Å². The van der Waals surface area contributed by atoms with Crippen molar-refractivity contribution in [3.8, 4) is 33.9 Å². The highest BCUT2D eigenvalue weighted by Gasteiger charge is 2.31. The Morgan fingerprint density at radius 3 is 2.15 bits per heavy atom. The molecule has 33 heavy (non-hydrogen) atoms. The number of nitrogens with one attached hydrogen (secondary N) is 1. The predicted octanol–water partition coefficient (Wildman–Crippen LogP) is 4.63. The number of hydrogen-bond donors (Lipinski definition) is 1. The summed E-state index contributed by atoms with van der Waals surface area (Å²) in [6, 6.07) is 15.4. The predicted molar refractivity (Wildman–Crippen MR) is 124 cm³/mol. The molecule has 0 aliphatic carbocycles. The molecule has 170 valence electrons. The summed E-state index contributed by atoms with van der Waals surface area (Å²) in [7, 11) is 5.81. The van der Waals surface area contributed by atoms with Crippen molar-refractivity contribution in [2.24, 2.45) is 0 Å². The van der Waals surface area contributed by atoms with Crippen LogP contribution in [0.2, 0.25) is 0 Å². The number of carbonyl (C=O) groups is 1. The maximum Gasteiger partial charge on any atom is 0.359 e. The van der Waals surface area contributed by atoms with Crippen LogP contribution in [0.1, 0.15) is 10.5 Å². The summed E-state index contributed by atoms with van der Waals surface area (Å²) in [5.74, 6) is 0.0876. The first-order valence-electron chi connectivity index (χ1n) is 9.66. The fraction of sp³-hybridized carbons (Fsp3) is 0.130. The first kappa shape index (κ1) is 22.6. The van der Waals surface area contributed by atoms with Gasteiger partial charge >= 0.3 is 5.97 Å². The second-order valence-corrected chi connectivity index (χ2v) is 9.48. The van der Waals surface area contributed by atoms with Crippen molar-refractivity contribution in [2.45, 2.75) is 4.90 Å². The van der Waals surface area contributed by atoms with E-state index in [1.165, 1.54) is 27.4 Å². The SMILES string of the molecule is COC(=O)c1n[nH]c(-c2c(OC)cccc2OC)c1-c1c(S(=O)(=O)Cl)ccc2ccccc12. The van der Waals surface area contributed by atoms with Gasteiger partial charge in [-0.25, -0.2) is 13.2 Å².